The molecule has 1 nitrogen and oxygen atoms in total. The van der Waals surface area contributed by atoms with Gasteiger partial charge in [-0.3, -0.25) is 0 Å². The Morgan fingerprint density at radius 3 is 2.47 bits per heavy atom. The number of unbranched alkanes of at least 4 members (excludes halogenated alkanes) is 2. The largest absolute Gasteiger partial charge is 0.492 e. The van der Waals surface area contributed by atoms with E-state index in [9.17, 15) is 13.2 Å². The molecule has 0 amide bonds. The van der Waals surface area contributed by atoms with E-state index in [4.69, 9.17) is 16.3 Å². The summed E-state index contributed by atoms with van der Waals surface area (Å²) in [5.74, 6) is 0.302. The molecule has 0 spiro atoms. The first kappa shape index (κ1) is 14.2. The van der Waals surface area contributed by atoms with Crippen molar-refractivity contribution in [3.05, 3.63) is 28.8 Å². The molecule has 1 rings (SSSR count). The summed E-state index contributed by atoms with van der Waals surface area (Å²) >= 11 is 5.72. The van der Waals surface area contributed by atoms with Gasteiger partial charge in [-0.1, -0.05) is 31.4 Å². The van der Waals surface area contributed by atoms with Crippen LogP contribution in [0.3, 0.4) is 0 Å². The van der Waals surface area contributed by atoms with E-state index in [1.807, 2.05) is 0 Å². The van der Waals surface area contributed by atoms with Crippen LogP contribution in [0.2, 0.25) is 5.02 Å². The van der Waals surface area contributed by atoms with Crippen molar-refractivity contribution in [2.45, 2.75) is 32.4 Å². The summed E-state index contributed by atoms with van der Waals surface area (Å²) in [6, 6.07) is 3.12. The van der Waals surface area contributed by atoms with Gasteiger partial charge in [0.25, 0.3) is 0 Å². The molecule has 0 saturated carbocycles. The van der Waals surface area contributed by atoms with Crippen LogP contribution in [0.25, 0.3) is 0 Å². The first-order valence-corrected chi connectivity index (χ1v) is 5.82. The van der Waals surface area contributed by atoms with E-state index in [0.717, 1.165) is 31.4 Å². The van der Waals surface area contributed by atoms with E-state index in [-0.39, 0.29) is 5.02 Å². The second-order valence-electron chi connectivity index (χ2n) is 3.70. The van der Waals surface area contributed by atoms with Gasteiger partial charge in [0.1, 0.15) is 5.75 Å². The monoisotopic (exact) mass is 266 g/mol. The molecular formula is C12H14ClF3O. The van der Waals surface area contributed by atoms with Crippen LogP contribution in [0.5, 0.6) is 5.75 Å². The van der Waals surface area contributed by atoms with Gasteiger partial charge in [0.15, 0.2) is 0 Å². The molecule has 0 aliphatic heterocycles. The zero-order chi connectivity index (χ0) is 12.9. The Morgan fingerprint density at radius 2 is 1.94 bits per heavy atom. The van der Waals surface area contributed by atoms with E-state index in [1.54, 1.807) is 0 Å². The minimum atomic E-state index is -4.37. The van der Waals surface area contributed by atoms with E-state index in [1.165, 1.54) is 6.07 Å². The fourth-order valence-corrected chi connectivity index (χ4v) is 1.56. The third-order valence-corrected chi connectivity index (χ3v) is 2.56. The first-order valence-electron chi connectivity index (χ1n) is 5.44. The van der Waals surface area contributed by atoms with Crippen LogP contribution in [0.15, 0.2) is 18.2 Å². The molecule has 0 bridgehead atoms. The van der Waals surface area contributed by atoms with Crippen LogP contribution < -0.4 is 4.74 Å². The van der Waals surface area contributed by atoms with Gasteiger partial charge < -0.3 is 4.74 Å². The fraction of sp³-hybridized carbons (Fsp3) is 0.500. The lowest BCUT2D eigenvalue weighted by Crippen LogP contribution is -2.05. The van der Waals surface area contributed by atoms with Crippen LogP contribution in [0, 0.1) is 0 Å². The zero-order valence-corrected chi connectivity index (χ0v) is 10.2. The maximum atomic E-state index is 12.4. The van der Waals surface area contributed by atoms with Gasteiger partial charge in [-0.2, -0.15) is 13.2 Å². The molecule has 1 aromatic rings. The highest BCUT2D eigenvalue weighted by Gasteiger charge is 2.30. The molecule has 0 aliphatic carbocycles. The van der Waals surface area contributed by atoms with E-state index >= 15 is 0 Å². The van der Waals surface area contributed by atoms with E-state index in [2.05, 4.69) is 6.92 Å². The standard InChI is InChI=1S/C12H14ClF3O/c1-2-3-4-7-17-11-6-5-9(8-10(11)13)12(14,15)16/h5-6,8H,2-4,7H2,1H3. The van der Waals surface area contributed by atoms with Gasteiger partial charge in [0, 0.05) is 0 Å². The maximum Gasteiger partial charge on any atom is 0.416 e. The van der Waals surface area contributed by atoms with Crippen molar-refractivity contribution < 1.29 is 17.9 Å². The van der Waals surface area contributed by atoms with Crippen molar-refractivity contribution >= 4 is 11.6 Å². The topological polar surface area (TPSA) is 9.23 Å². The minimum absolute atomic E-state index is 0.00340. The maximum absolute atomic E-state index is 12.4. The van der Waals surface area contributed by atoms with Crippen LogP contribution in [0.4, 0.5) is 13.2 Å². The van der Waals surface area contributed by atoms with Gasteiger partial charge in [-0.05, 0) is 24.6 Å². The van der Waals surface area contributed by atoms with Crippen molar-refractivity contribution in [3.63, 3.8) is 0 Å². The number of ether oxygens (including phenoxy) is 1. The Kier molecular flexibility index (Phi) is 5.12. The normalized spacial score (nSPS) is 11.6. The molecule has 0 aliphatic rings. The van der Waals surface area contributed by atoms with Crippen molar-refractivity contribution in [2.75, 3.05) is 6.61 Å². The molecular weight excluding hydrogens is 253 g/mol. The quantitative estimate of drug-likeness (QED) is 0.687. The van der Waals surface area contributed by atoms with Crippen LogP contribution in [-0.4, -0.2) is 6.61 Å². The lowest BCUT2D eigenvalue weighted by Gasteiger charge is -2.11. The predicted molar refractivity (Wildman–Crippen MR) is 61.5 cm³/mol. The molecule has 0 radical (unpaired) electrons. The number of rotatable bonds is 5. The minimum Gasteiger partial charge on any atom is -0.492 e. The summed E-state index contributed by atoms with van der Waals surface area (Å²) in [5.41, 5.74) is -0.761. The lowest BCUT2D eigenvalue weighted by atomic mass is 10.2. The Bertz CT molecular complexity index is 363. The van der Waals surface area contributed by atoms with E-state index in [0.29, 0.717) is 12.4 Å². The Labute approximate surface area is 104 Å². The smallest absolute Gasteiger partial charge is 0.416 e. The second kappa shape index (κ2) is 6.15. The summed E-state index contributed by atoms with van der Waals surface area (Å²) < 4.78 is 42.4. The van der Waals surface area contributed by atoms with Crippen LogP contribution in [-0.2, 0) is 6.18 Å². The summed E-state index contributed by atoms with van der Waals surface area (Å²) in [4.78, 5) is 0. The highest BCUT2D eigenvalue weighted by Crippen LogP contribution is 2.34. The van der Waals surface area contributed by atoms with Crippen molar-refractivity contribution in [1.29, 1.82) is 0 Å². The average molecular weight is 267 g/mol. The molecule has 0 saturated heterocycles. The van der Waals surface area contributed by atoms with Crippen molar-refractivity contribution in [1.82, 2.24) is 0 Å². The number of benzene rings is 1. The number of halogens is 4. The molecule has 5 heteroatoms. The summed E-state index contributed by atoms with van der Waals surface area (Å²) in [7, 11) is 0. The van der Waals surface area contributed by atoms with Gasteiger partial charge in [0.2, 0.25) is 0 Å². The SMILES string of the molecule is CCCCCOc1ccc(C(F)(F)F)cc1Cl. The van der Waals surface area contributed by atoms with Crippen molar-refractivity contribution in [2.24, 2.45) is 0 Å². The zero-order valence-electron chi connectivity index (χ0n) is 9.48. The Balaban J connectivity index is 2.64. The Morgan fingerprint density at radius 1 is 1.24 bits per heavy atom. The highest BCUT2D eigenvalue weighted by atomic mass is 35.5. The molecule has 0 fully saturated rings. The van der Waals surface area contributed by atoms with Gasteiger partial charge >= 0.3 is 6.18 Å². The van der Waals surface area contributed by atoms with Crippen LogP contribution in [0.1, 0.15) is 31.7 Å². The second-order valence-corrected chi connectivity index (χ2v) is 4.11. The summed E-state index contributed by atoms with van der Waals surface area (Å²) in [5, 5.41) is -0.00340. The Hall–Kier alpha value is -0.900. The molecule has 0 atom stereocenters. The third kappa shape index (κ3) is 4.46. The van der Waals surface area contributed by atoms with Gasteiger partial charge in [-0.25, -0.2) is 0 Å². The molecule has 17 heavy (non-hydrogen) atoms. The third-order valence-electron chi connectivity index (χ3n) is 2.26. The lowest BCUT2D eigenvalue weighted by molar-refractivity contribution is -0.137. The highest BCUT2D eigenvalue weighted by molar-refractivity contribution is 6.32. The fourth-order valence-electron chi connectivity index (χ4n) is 1.33. The molecule has 0 unspecified atom stereocenters. The molecule has 0 heterocycles. The predicted octanol–water partition coefficient (Wildman–Crippen LogP) is 4.93. The summed E-state index contributed by atoms with van der Waals surface area (Å²) in [6.07, 6.45) is -1.42. The molecule has 1 aromatic carbocycles. The van der Waals surface area contributed by atoms with Gasteiger partial charge in [0.05, 0.1) is 17.2 Å². The molecule has 0 N–H and O–H groups in total. The molecule has 0 aromatic heterocycles. The number of alkyl halides is 3. The summed E-state index contributed by atoms with van der Waals surface area (Å²) in [6.45, 7) is 2.53. The first-order chi connectivity index (χ1) is 7.95. The van der Waals surface area contributed by atoms with Crippen molar-refractivity contribution in [3.8, 4) is 5.75 Å². The van der Waals surface area contributed by atoms with Gasteiger partial charge in [-0.15, -0.1) is 0 Å². The molecule has 96 valence electrons. The number of hydrogen-bond acceptors (Lipinski definition) is 1. The average Bonchev–Trinajstić information content (AvgIpc) is 2.24. The van der Waals surface area contributed by atoms with Crippen LogP contribution >= 0.6 is 11.6 Å². The number of hydrogen-bond donors (Lipinski definition) is 0. The van der Waals surface area contributed by atoms with E-state index < -0.39 is 11.7 Å².